The highest BCUT2D eigenvalue weighted by Gasteiger charge is 2.05. The summed E-state index contributed by atoms with van der Waals surface area (Å²) in [5.41, 5.74) is 0.998. The van der Waals surface area contributed by atoms with Crippen molar-refractivity contribution in [2.75, 3.05) is 0 Å². The number of hydrogen-bond acceptors (Lipinski definition) is 2. The van der Waals surface area contributed by atoms with Gasteiger partial charge in [-0.3, -0.25) is 4.98 Å². The zero-order chi connectivity index (χ0) is 8.97. The van der Waals surface area contributed by atoms with Gasteiger partial charge < -0.3 is 5.11 Å². The first-order chi connectivity index (χ1) is 5.79. The number of rotatable bonds is 3. The summed E-state index contributed by atoms with van der Waals surface area (Å²) in [6.45, 7) is 3.24. The molecule has 0 aliphatic rings. The van der Waals surface area contributed by atoms with E-state index in [9.17, 15) is 4.39 Å². The van der Waals surface area contributed by atoms with E-state index >= 15 is 0 Å². The summed E-state index contributed by atoms with van der Waals surface area (Å²) in [7, 11) is 0. The van der Waals surface area contributed by atoms with E-state index in [0.29, 0.717) is 17.5 Å². The van der Waals surface area contributed by atoms with Gasteiger partial charge >= 0.3 is 0 Å². The summed E-state index contributed by atoms with van der Waals surface area (Å²) < 4.78 is 12.9. The fourth-order valence-electron chi connectivity index (χ4n) is 1.01. The summed E-state index contributed by atoms with van der Waals surface area (Å²) >= 11 is 0. The Morgan fingerprint density at radius 1 is 1.58 bits per heavy atom. The Labute approximate surface area is 70.4 Å². The second kappa shape index (κ2) is 3.97. The van der Waals surface area contributed by atoms with Gasteiger partial charge in [0.25, 0.3) is 0 Å². The zero-order valence-electron chi connectivity index (χ0n) is 6.63. The number of aromatic nitrogens is 1. The van der Waals surface area contributed by atoms with Gasteiger partial charge in [-0.15, -0.1) is 6.58 Å². The highest BCUT2D eigenvalue weighted by atomic mass is 19.1. The van der Waals surface area contributed by atoms with Crippen LogP contribution in [0, 0.1) is 5.82 Å². The van der Waals surface area contributed by atoms with Gasteiger partial charge in [-0.2, -0.15) is 0 Å². The summed E-state index contributed by atoms with van der Waals surface area (Å²) in [5.74, 6) is -0.461. The van der Waals surface area contributed by atoms with Crippen molar-refractivity contribution in [1.29, 1.82) is 0 Å². The van der Waals surface area contributed by atoms with Crippen molar-refractivity contribution in [2.45, 2.75) is 13.0 Å². The van der Waals surface area contributed by atoms with Crippen molar-refractivity contribution in [2.24, 2.45) is 0 Å². The van der Waals surface area contributed by atoms with Crippen LogP contribution in [0.2, 0.25) is 0 Å². The topological polar surface area (TPSA) is 33.1 Å². The van der Waals surface area contributed by atoms with E-state index in [1.807, 2.05) is 0 Å². The first-order valence-electron chi connectivity index (χ1n) is 3.62. The maximum absolute atomic E-state index is 12.9. The minimum Gasteiger partial charge on any atom is -0.392 e. The van der Waals surface area contributed by atoms with Crippen LogP contribution in [0.15, 0.2) is 25.0 Å². The van der Waals surface area contributed by atoms with Crippen LogP contribution in [0.1, 0.15) is 11.1 Å². The van der Waals surface area contributed by atoms with E-state index in [1.54, 1.807) is 6.08 Å². The lowest BCUT2D eigenvalue weighted by molar-refractivity contribution is 0.274. The Balaban J connectivity index is 3.08. The molecule has 1 aromatic rings. The standard InChI is InChI=1S/C9H10FNO/c1-2-3-7-4-11-5-9(10)8(7)6-12/h2,4-5,12H,1,3,6H2. The summed E-state index contributed by atoms with van der Waals surface area (Å²) in [4.78, 5) is 3.68. The Kier molecular flexibility index (Phi) is 2.94. The molecule has 0 aliphatic heterocycles. The van der Waals surface area contributed by atoms with Crippen LogP contribution < -0.4 is 0 Å². The van der Waals surface area contributed by atoms with Crippen LogP contribution >= 0.6 is 0 Å². The number of pyridine rings is 1. The minimum atomic E-state index is -0.461. The lowest BCUT2D eigenvalue weighted by Gasteiger charge is -2.04. The maximum atomic E-state index is 12.9. The maximum Gasteiger partial charge on any atom is 0.147 e. The highest BCUT2D eigenvalue weighted by Crippen LogP contribution is 2.12. The molecule has 0 atom stereocenters. The fourth-order valence-corrected chi connectivity index (χ4v) is 1.01. The number of hydrogen-bond donors (Lipinski definition) is 1. The lowest BCUT2D eigenvalue weighted by Crippen LogP contribution is -1.98. The van der Waals surface area contributed by atoms with Crippen molar-refractivity contribution in [3.63, 3.8) is 0 Å². The molecule has 1 rings (SSSR count). The molecule has 1 N–H and O–H groups in total. The normalized spacial score (nSPS) is 9.83. The van der Waals surface area contributed by atoms with Gasteiger partial charge in [-0.25, -0.2) is 4.39 Å². The van der Waals surface area contributed by atoms with Crippen molar-refractivity contribution >= 4 is 0 Å². The van der Waals surface area contributed by atoms with Crippen LogP contribution in [-0.2, 0) is 13.0 Å². The molecule has 2 nitrogen and oxygen atoms in total. The van der Waals surface area contributed by atoms with Crippen LogP contribution in [0.25, 0.3) is 0 Å². The molecular weight excluding hydrogens is 157 g/mol. The van der Waals surface area contributed by atoms with Gasteiger partial charge in [0.1, 0.15) is 5.82 Å². The first kappa shape index (κ1) is 8.87. The molecule has 1 heterocycles. The van der Waals surface area contributed by atoms with E-state index < -0.39 is 5.82 Å². The SMILES string of the molecule is C=CCc1cncc(F)c1CO. The molecule has 0 unspecified atom stereocenters. The Hall–Kier alpha value is -1.22. The predicted octanol–water partition coefficient (Wildman–Crippen LogP) is 1.44. The van der Waals surface area contributed by atoms with Crippen molar-refractivity contribution in [3.05, 3.63) is 42.0 Å². The summed E-state index contributed by atoms with van der Waals surface area (Å²) in [5, 5.41) is 8.82. The third-order valence-corrected chi connectivity index (χ3v) is 1.62. The molecule has 0 radical (unpaired) electrons. The van der Waals surface area contributed by atoms with Crippen LogP contribution in [0.5, 0.6) is 0 Å². The van der Waals surface area contributed by atoms with E-state index in [2.05, 4.69) is 11.6 Å². The number of allylic oxidation sites excluding steroid dienone is 1. The molecule has 0 bridgehead atoms. The lowest BCUT2D eigenvalue weighted by atomic mass is 10.1. The molecule has 0 aliphatic carbocycles. The van der Waals surface area contributed by atoms with Gasteiger partial charge in [-0.1, -0.05) is 6.08 Å². The van der Waals surface area contributed by atoms with Gasteiger partial charge in [0.2, 0.25) is 0 Å². The number of halogens is 1. The monoisotopic (exact) mass is 167 g/mol. The molecule has 1 aromatic heterocycles. The van der Waals surface area contributed by atoms with Gasteiger partial charge in [0, 0.05) is 11.8 Å². The van der Waals surface area contributed by atoms with Crippen LogP contribution in [-0.4, -0.2) is 10.1 Å². The zero-order valence-corrected chi connectivity index (χ0v) is 6.63. The van der Waals surface area contributed by atoms with Gasteiger partial charge in [0.15, 0.2) is 0 Å². The van der Waals surface area contributed by atoms with Crippen LogP contribution in [0.3, 0.4) is 0 Å². The molecule has 0 aromatic carbocycles. The quantitative estimate of drug-likeness (QED) is 0.691. The van der Waals surface area contributed by atoms with E-state index in [4.69, 9.17) is 5.11 Å². The fraction of sp³-hybridized carbons (Fsp3) is 0.222. The first-order valence-corrected chi connectivity index (χ1v) is 3.62. The molecule has 0 saturated heterocycles. The third-order valence-electron chi connectivity index (χ3n) is 1.62. The van der Waals surface area contributed by atoms with Crippen LogP contribution in [0.4, 0.5) is 4.39 Å². The second-order valence-corrected chi connectivity index (χ2v) is 2.41. The molecule has 0 spiro atoms. The van der Waals surface area contributed by atoms with E-state index in [-0.39, 0.29) is 6.61 Å². The molecular formula is C9H10FNO. The van der Waals surface area contributed by atoms with Gasteiger partial charge in [-0.05, 0) is 12.0 Å². The van der Waals surface area contributed by atoms with Gasteiger partial charge in [0.05, 0.1) is 12.8 Å². The Morgan fingerprint density at radius 3 is 2.92 bits per heavy atom. The molecule has 0 fully saturated rings. The van der Waals surface area contributed by atoms with E-state index in [0.717, 1.165) is 6.20 Å². The predicted molar refractivity (Wildman–Crippen MR) is 44.0 cm³/mol. The van der Waals surface area contributed by atoms with E-state index in [1.165, 1.54) is 6.20 Å². The second-order valence-electron chi connectivity index (χ2n) is 2.41. The molecule has 64 valence electrons. The molecule has 0 amide bonds. The number of aliphatic hydroxyl groups excluding tert-OH is 1. The molecule has 3 heteroatoms. The average Bonchev–Trinajstić information content (AvgIpc) is 2.05. The molecule has 12 heavy (non-hydrogen) atoms. The van der Waals surface area contributed by atoms with Crippen molar-refractivity contribution in [3.8, 4) is 0 Å². The smallest absolute Gasteiger partial charge is 0.147 e. The van der Waals surface area contributed by atoms with Crippen molar-refractivity contribution in [1.82, 2.24) is 4.98 Å². The number of nitrogens with zero attached hydrogens (tertiary/aromatic N) is 1. The average molecular weight is 167 g/mol. The number of aliphatic hydroxyl groups is 1. The Morgan fingerprint density at radius 2 is 2.33 bits per heavy atom. The van der Waals surface area contributed by atoms with Crippen molar-refractivity contribution < 1.29 is 9.50 Å². The minimum absolute atomic E-state index is 0.294. The Bertz CT molecular complexity index is 286. The largest absolute Gasteiger partial charge is 0.392 e. The third kappa shape index (κ3) is 1.68. The highest BCUT2D eigenvalue weighted by molar-refractivity contribution is 5.25. The summed E-state index contributed by atoms with van der Waals surface area (Å²) in [6, 6.07) is 0. The summed E-state index contributed by atoms with van der Waals surface area (Å²) in [6.07, 6.45) is 4.81. The molecule has 0 saturated carbocycles.